The van der Waals surface area contributed by atoms with Crippen LogP contribution >= 0.6 is 0 Å². The molecule has 0 unspecified atom stereocenters. The van der Waals surface area contributed by atoms with Gasteiger partial charge in [-0.1, -0.05) is 18.2 Å². The minimum absolute atomic E-state index is 0.148. The molecule has 146 valence electrons. The third-order valence-corrected chi connectivity index (χ3v) is 5.00. The topological polar surface area (TPSA) is 67.6 Å². The number of carbonyl (C=O) groups excluding carboxylic acids is 1. The Balaban J connectivity index is 1.92. The highest BCUT2D eigenvalue weighted by Crippen LogP contribution is 2.26. The number of likely N-dealkylation sites (N-methyl/N-ethyl adjacent to an activating group) is 1. The fourth-order valence-electron chi connectivity index (χ4n) is 3.43. The summed E-state index contributed by atoms with van der Waals surface area (Å²) in [5.74, 6) is 1.35. The molecule has 0 radical (unpaired) electrons. The number of rotatable bonds is 6. The molecule has 0 saturated carbocycles. The van der Waals surface area contributed by atoms with E-state index in [4.69, 9.17) is 4.74 Å². The molecule has 0 saturated heterocycles. The molecule has 3 aromatic rings. The summed E-state index contributed by atoms with van der Waals surface area (Å²) in [6, 6.07) is 14.5. The van der Waals surface area contributed by atoms with Gasteiger partial charge in [0.15, 0.2) is 0 Å². The largest absolute Gasteiger partial charge is 0.497 e. The van der Waals surface area contributed by atoms with E-state index >= 15 is 0 Å². The van der Waals surface area contributed by atoms with E-state index in [0.29, 0.717) is 5.56 Å². The molecular formula is C22H25N3O3. The van der Waals surface area contributed by atoms with Crippen LogP contribution in [-0.2, 0) is 0 Å². The van der Waals surface area contributed by atoms with Gasteiger partial charge in [0, 0.05) is 24.6 Å². The molecule has 2 aromatic heterocycles. The van der Waals surface area contributed by atoms with Crippen molar-refractivity contribution < 1.29 is 14.6 Å². The molecule has 0 spiro atoms. The first-order chi connectivity index (χ1) is 13.5. The molecule has 0 aliphatic rings. The van der Waals surface area contributed by atoms with E-state index in [9.17, 15) is 9.90 Å². The van der Waals surface area contributed by atoms with Crippen LogP contribution in [0.2, 0.25) is 0 Å². The smallest absolute Gasteiger partial charge is 0.256 e. The highest BCUT2D eigenvalue weighted by Gasteiger charge is 2.26. The average molecular weight is 379 g/mol. The molecule has 0 fully saturated rings. The fourth-order valence-corrected chi connectivity index (χ4v) is 3.43. The highest BCUT2D eigenvalue weighted by atomic mass is 16.5. The molecule has 28 heavy (non-hydrogen) atoms. The van der Waals surface area contributed by atoms with Gasteiger partial charge in [-0.25, -0.2) is 4.98 Å². The standard InChI is InChI=1S/C22H25N3O3/c1-15-13-19(16(2)25(15)21-7-5-6-12-23-21)22(27)24(3)20(14-26)17-8-10-18(28-4)11-9-17/h5-13,20,26H,14H2,1-4H3/t20-/m1/s1. The summed E-state index contributed by atoms with van der Waals surface area (Å²) in [6.07, 6.45) is 1.73. The number of ether oxygens (including phenoxy) is 1. The van der Waals surface area contributed by atoms with Crippen molar-refractivity contribution >= 4 is 5.91 Å². The molecular weight excluding hydrogens is 354 g/mol. The Hall–Kier alpha value is -3.12. The first-order valence-corrected chi connectivity index (χ1v) is 9.10. The lowest BCUT2D eigenvalue weighted by Crippen LogP contribution is -2.33. The number of methoxy groups -OCH3 is 1. The molecule has 0 bridgehead atoms. The molecule has 0 aliphatic carbocycles. The van der Waals surface area contributed by atoms with Gasteiger partial charge in [0.05, 0.1) is 25.3 Å². The van der Waals surface area contributed by atoms with Gasteiger partial charge in [-0.15, -0.1) is 0 Å². The van der Waals surface area contributed by atoms with Crippen LogP contribution in [0, 0.1) is 13.8 Å². The van der Waals surface area contributed by atoms with Crippen LogP contribution in [0.3, 0.4) is 0 Å². The summed E-state index contributed by atoms with van der Waals surface area (Å²) in [6.45, 7) is 3.68. The number of aliphatic hydroxyl groups is 1. The Morgan fingerprint density at radius 1 is 1.21 bits per heavy atom. The van der Waals surface area contributed by atoms with Crippen molar-refractivity contribution in [2.24, 2.45) is 0 Å². The van der Waals surface area contributed by atoms with Crippen LogP contribution in [0.15, 0.2) is 54.7 Å². The Labute approximate surface area is 165 Å². The lowest BCUT2D eigenvalue weighted by atomic mass is 10.0. The van der Waals surface area contributed by atoms with Crippen LogP contribution in [0.5, 0.6) is 5.75 Å². The summed E-state index contributed by atoms with van der Waals surface area (Å²) >= 11 is 0. The second-order valence-electron chi connectivity index (χ2n) is 6.70. The normalized spacial score (nSPS) is 11.9. The second-order valence-corrected chi connectivity index (χ2v) is 6.70. The van der Waals surface area contributed by atoms with Crippen LogP contribution in [0.25, 0.3) is 5.82 Å². The summed E-state index contributed by atoms with van der Waals surface area (Å²) in [5.41, 5.74) is 3.19. The van der Waals surface area contributed by atoms with Gasteiger partial charge in [-0.05, 0) is 49.7 Å². The zero-order valence-electron chi connectivity index (χ0n) is 16.6. The molecule has 2 heterocycles. The van der Waals surface area contributed by atoms with Crippen LogP contribution < -0.4 is 4.74 Å². The Morgan fingerprint density at radius 3 is 2.50 bits per heavy atom. The predicted molar refractivity (Wildman–Crippen MR) is 108 cm³/mol. The van der Waals surface area contributed by atoms with Gasteiger partial charge in [0.25, 0.3) is 5.91 Å². The van der Waals surface area contributed by atoms with Gasteiger partial charge in [0.1, 0.15) is 11.6 Å². The third-order valence-electron chi connectivity index (χ3n) is 5.00. The van der Waals surface area contributed by atoms with Gasteiger partial charge in [-0.2, -0.15) is 0 Å². The maximum absolute atomic E-state index is 13.2. The van der Waals surface area contributed by atoms with Crippen molar-refractivity contribution in [1.29, 1.82) is 0 Å². The number of aryl methyl sites for hydroxylation is 1. The van der Waals surface area contributed by atoms with E-state index in [-0.39, 0.29) is 12.5 Å². The van der Waals surface area contributed by atoms with Crippen molar-refractivity contribution in [1.82, 2.24) is 14.5 Å². The summed E-state index contributed by atoms with van der Waals surface area (Å²) < 4.78 is 7.14. The highest BCUT2D eigenvalue weighted by molar-refractivity contribution is 5.96. The maximum Gasteiger partial charge on any atom is 0.256 e. The van der Waals surface area contributed by atoms with Gasteiger partial charge < -0.3 is 19.3 Å². The lowest BCUT2D eigenvalue weighted by Gasteiger charge is -2.27. The monoisotopic (exact) mass is 379 g/mol. The molecule has 1 amide bonds. The SMILES string of the molecule is COc1ccc([C@@H](CO)N(C)C(=O)c2cc(C)n(-c3ccccn3)c2C)cc1. The number of aliphatic hydroxyl groups excluding tert-OH is 1. The summed E-state index contributed by atoms with van der Waals surface area (Å²) in [7, 11) is 3.31. The summed E-state index contributed by atoms with van der Waals surface area (Å²) in [4.78, 5) is 19.2. The minimum Gasteiger partial charge on any atom is -0.497 e. The van der Waals surface area contributed by atoms with Gasteiger partial charge >= 0.3 is 0 Å². The van der Waals surface area contributed by atoms with Gasteiger partial charge in [0.2, 0.25) is 0 Å². The molecule has 6 heteroatoms. The van der Waals surface area contributed by atoms with Gasteiger partial charge in [-0.3, -0.25) is 4.79 Å². The minimum atomic E-state index is -0.448. The van der Waals surface area contributed by atoms with E-state index in [2.05, 4.69) is 4.98 Å². The molecule has 1 aromatic carbocycles. The van der Waals surface area contributed by atoms with E-state index in [1.165, 1.54) is 0 Å². The maximum atomic E-state index is 13.2. The third kappa shape index (κ3) is 3.64. The number of nitrogens with zero attached hydrogens (tertiary/aromatic N) is 3. The first kappa shape index (κ1) is 19.6. The molecule has 3 rings (SSSR count). The van der Waals surface area contributed by atoms with E-state index in [1.807, 2.05) is 66.9 Å². The summed E-state index contributed by atoms with van der Waals surface area (Å²) in [5, 5.41) is 9.94. The number of amides is 1. The first-order valence-electron chi connectivity index (χ1n) is 9.10. The molecule has 1 N–H and O–H groups in total. The van der Waals surface area contributed by atoms with Crippen LogP contribution in [0.4, 0.5) is 0 Å². The Morgan fingerprint density at radius 2 is 1.93 bits per heavy atom. The second kappa shape index (κ2) is 8.27. The number of carbonyl (C=O) groups is 1. The molecule has 1 atom stereocenters. The number of hydrogen-bond donors (Lipinski definition) is 1. The number of pyridine rings is 1. The quantitative estimate of drug-likeness (QED) is 0.714. The number of hydrogen-bond acceptors (Lipinski definition) is 4. The van der Waals surface area contributed by atoms with Crippen molar-refractivity contribution in [2.75, 3.05) is 20.8 Å². The Kier molecular flexibility index (Phi) is 5.80. The van der Waals surface area contributed by atoms with Crippen LogP contribution in [-0.4, -0.2) is 46.2 Å². The zero-order chi connectivity index (χ0) is 20.3. The van der Waals surface area contributed by atoms with Crippen LogP contribution in [0.1, 0.15) is 33.4 Å². The zero-order valence-corrected chi connectivity index (χ0v) is 16.6. The van der Waals surface area contributed by atoms with E-state index in [0.717, 1.165) is 28.5 Å². The van der Waals surface area contributed by atoms with E-state index < -0.39 is 6.04 Å². The molecule has 0 aliphatic heterocycles. The lowest BCUT2D eigenvalue weighted by molar-refractivity contribution is 0.0658. The van der Waals surface area contributed by atoms with Crippen molar-refractivity contribution in [3.8, 4) is 11.6 Å². The van der Waals surface area contributed by atoms with Crippen molar-refractivity contribution in [3.05, 3.63) is 77.2 Å². The number of benzene rings is 1. The predicted octanol–water partition coefficient (Wildman–Crippen LogP) is 3.30. The molecule has 6 nitrogen and oxygen atoms in total. The average Bonchev–Trinajstić information content (AvgIpc) is 3.03. The van der Waals surface area contributed by atoms with E-state index in [1.54, 1.807) is 25.3 Å². The Bertz CT molecular complexity index is 949. The van der Waals surface area contributed by atoms with Crippen molar-refractivity contribution in [2.45, 2.75) is 19.9 Å². The van der Waals surface area contributed by atoms with Crippen molar-refractivity contribution in [3.63, 3.8) is 0 Å². The fraction of sp³-hybridized carbons (Fsp3) is 0.273. The number of aromatic nitrogens is 2.